The molecule has 0 aromatic heterocycles. The minimum Gasteiger partial charge on any atom is -0.328 e. The van der Waals surface area contributed by atoms with Crippen LogP contribution in [0.2, 0.25) is 0 Å². The number of carbonyl (C=O) groups is 1. The molecule has 0 aliphatic heterocycles. The average Bonchev–Trinajstić information content (AvgIpc) is 2.44. The fourth-order valence-corrected chi connectivity index (χ4v) is 2.12. The van der Waals surface area contributed by atoms with Crippen LogP contribution in [-0.4, -0.2) is 6.41 Å². The maximum absolute atomic E-state index is 13.5. The van der Waals surface area contributed by atoms with Gasteiger partial charge in [-0.1, -0.05) is 30.0 Å². The summed E-state index contributed by atoms with van der Waals surface area (Å²) >= 11 is 1.88. The Hall–Kier alpha value is -1.87. The lowest BCUT2D eigenvalue weighted by Crippen LogP contribution is -2.00. The van der Waals surface area contributed by atoms with Crippen LogP contribution in [0.1, 0.15) is 11.1 Å². The first-order valence-corrected chi connectivity index (χ1v) is 6.55. The van der Waals surface area contributed by atoms with E-state index in [2.05, 4.69) is 17.2 Å². The topological polar surface area (TPSA) is 29.1 Å². The fourth-order valence-electron chi connectivity index (χ4n) is 1.51. The molecule has 1 amide bonds. The fraction of sp³-hybridized carbons (Fsp3) is 0. The number of anilines is 1. The number of nitrogens with one attached hydrogen (secondary N) is 1. The summed E-state index contributed by atoms with van der Waals surface area (Å²) in [5.74, 6) is 5.50. The monoisotopic (exact) mass is 365 g/mol. The summed E-state index contributed by atoms with van der Waals surface area (Å²) in [5.41, 5.74) is 1.82. The summed E-state index contributed by atoms with van der Waals surface area (Å²) in [7, 11) is 0. The quantitative estimate of drug-likeness (QED) is 0.494. The zero-order valence-electron chi connectivity index (χ0n) is 9.78. The minimum atomic E-state index is -0.352. The van der Waals surface area contributed by atoms with Gasteiger partial charge in [-0.25, -0.2) is 4.39 Å². The van der Waals surface area contributed by atoms with Crippen molar-refractivity contribution in [1.29, 1.82) is 0 Å². The number of benzene rings is 2. The van der Waals surface area contributed by atoms with Crippen molar-refractivity contribution in [3.8, 4) is 11.8 Å². The second-order valence-electron chi connectivity index (χ2n) is 3.66. The van der Waals surface area contributed by atoms with E-state index in [4.69, 9.17) is 0 Å². The molecule has 0 heterocycles. The second kappa shape index (κ2) is 6.34. The van der Waals surface area contributed by atoms with Crippen LogP contribution in [0.3, 0.4) is 0 Å². The van der Waals surface area contributed by atoms with Crippen LogP contribution >= 0.6 is 22.6 Å². The Morgan fingerprint density at radius 1 is 1.11 bits per heavy atom. The van der Waals surface area contributed by atoms with E-state index in [0.717, 1.165) is 5.56 Å². The summed E-state index contributed by atoms with van der Waals surface area (Å²) in [4.78, 5) is 10.5. The van der Waals surface area contributed by atoms with Crippen molar-refractivity contribution in [2.75, 3.05) is 5.32 Å². The maximum Gasteiger partial charge on any atom is 0.211 e. The van der Waals surface area contributed by atoms with E-state index < -0.39 is 0 Å². The van der Waals surface area contributed by atoms with Gasteiger partial charge in [-0.2, -0.15) is 0 Å². The van der Waals surface area contributed by atoms with Gasteiger partial charge >= 0.3 is 0 Å². The van der Waals surface area contributed by atoms with Crippen molar-refractivity contribution in [3.05, 3.63) is 63.0 Å². The highest BCUT2D eigenvalue weighted by Crippen LogP contribution is 2.23. The van der Waals surface area contributed by atoms with Gasteiger partial charge in [-0.15, -0.1) is 0 Å². The SMILES string of the molecule is O=CNc1ccc(F)c(I)c1C#Cc1ccccc1. The maximum atomic E-state index is 13.5. The highest BCUT2D eigenvalue weighted by atomic mass is 127. The standard InChI is InChI=1S/C15H9FINO/c16-13-8-9-14(18-10-19)12(15(13)17)7-6-11-4-2-1-3-5-11/h1-5,8-10H,(H,18,19). The first-order valence-electron chi connectivity index (χ1n) is 5.47. The van der Waals surface area contributed by atoms with Gasteiger partial charge in [0.05, 0.1) is 14.8 Å². The van der Waals surface area contributed by atoms with Crippen molar-refractivity contribution in [2.24, 2.45) is 0 Å². The molecular formula is C15H9FINO. The Kier molecular flexibility index (Phi) is 4.53. The van der Waals surface area contributed by atoms with Crippen LogP contribution in [0.5, 0.6) is 0 Å². The van der Waals surface area contributed by atoms with Gasteiger partial charge in [-0.05, 0) is 46.9 Å². The predicted octanol–water partition coefficient (Wildman–Crippen LogP) is 3.40. The van der Waals surface area contributed by atoms with Crippen molar-refractivity contribution >= 4 is 34.7 Å². The number of halogens is 2. The van der Waals surface area contributed by atoms with E-state index in [1.165, 1.54) is 12.1 Å². The Morgan fingerprint density at radius 2 is 1.84 bits per heavy atom. The smallest absolute Gasteiger partial charge is 0.211 e. The van der Waals surface area contributed by atoms with Crippen LogP contribution in [0.25, 0.3) is 0 Å². The molecule has 0 aliphatic carbocycles. The molecule has 19 heavy (non-hydrogen) atoms. The van der Waals surface area contributed by atoms with Crippen LogP contribution < -0.4 is 5.32 Å². The number of hydrogen-bond donors (Lipinski definition) is 1. The molecule has 2 nitrogen and oxygen atoms in total. The summed E-state index contributed by atoms with van der Waals surface area (Å²) in [6, 6.07) is 12.2. The first-order chi connectivity index (χ1) is 9.22. The zero-order chi connectivity index (χ0) is 13.7. The molecule has 0 unspecified atom stereocenters. The molecule has 0 fully saturated rings. The summed E-state index contributed by atoms with van der Waals surface area (Å²) < 4.78 is 13.9. The van der Waals surface area contributed by atoms with Gasteiger partial charge in [0.25, 0.3) is 0 Å². The highest BCUT2D eigenvalue weighted by molar-refractivity contribution is 14.1. The van der Waals surface area contributed by atoms with Crippen molar-refractivity contribution in [3.63, 3.8) is 0 Å². The zero-order valence-corrected chi connectivity index (χ0v) is 11.9. The average molecular weight is 365 g/mol. The summed E-state index contributed by atoms with van der Waals surface area (Å²) in [5, 5.41) is 2.53. The van der Waals surface area contributed by atoms with E-state index in [1.807, 2.05) is 52.9 Å². The predicted molar refractivity (Wildman–Crippen MR) is 81.2 cm³/mol. The van der Waals surface area contributed by atoms with Gasteiger partial charge < -0.3 is 5.32 Å². The minimum absolute atomic E-state index is 0.352. The molecule has 0 spiro atoms. The van der Waals surface area contributed by atoms with Gasteiger partial charge in [0.15, 0.2) is 0 Å². The van der Waals surface area contributed by atoms with Gasteiger partial charge in [-0.3, -0.25) is 4.79 Å². The van der Waals surface area contributed by atoms with Crippen molar-refractivity contribution in [1.82, 2.24) is 0 Å². The first kappa shape index (κ1) is 13.6. The van der Waals surface area contributed by atoms with Gasteiger partial charge in [0.2, 0.25) is 6.41 Å². The molecule has 1 N–H and O–H groups in total. The van der Waals surface area contributed by atoms with Crippen LogP contribution in [0, 0.1) is 21.2 Å². The second-order valence-corrected chi connectivity index (χ2v) is 4.74. The molecule has 0 radical (unpaired) electrons. The number of amides is 1. The van der Waals surface area contributed by atoms with E-state index >= 15 is 0 Å². The lowest BCUT2D eigenvalue weighted by molar-refractivity contribution is -0.105. The Labute approximate surface area is 124 Å². The Morgan fingerprint density at radius 3 is 2.53 bits per heavy atom. The number of hydrogen-bond acceptors (Lipinski definition) is 1. The van der Waals surface area contributed by atoms with E-state index in [0.29, 0.717) is 21.2 Å². The lowest BCUT2D eigenvalue weighted by atomic mass is 10.1. The third-order valence-electron chi connectivity index (χ3n) is 2.41. The van der Waals surface area contributed by atoms with E-state index in [9.17, 15) is 9.18 Å². The summed E-state index contributed by atoms with van der Waals surface area (Å²) in [6.45, 7) is 0. The van der Waals surface area contributed by atoms with Crippen LogP contribution in [-0.2, 0) is 4.79 Å². The number of carbonyl (C=O) groups excluding carboxylic acids is 1. The summed E-state index contributed by atoms with van der Waals surface area (Å²) in [6.07, 6.45) is 0.553. The van der Waals surface area contributed by atoms with Gasteiger partial charge in [0.1, 0.15) is 5.82 Å². The Bertz CT molecular complexity index is 659. The van der Waals surface area contributed by atoms with Crippen LogP contribution in [0.15, 0.2) is 42.5 Å². The molecular weight excluding hydrogens is 356 g/mol. The molecule has 0 saturated carbocycles. The Balaban J connectivity index is 2.47. The third kappa shape index (κ3) is 3.32. The van der Waals surface area contributed by atoms with Crippen LogP contribution in [0.4, 0.5) is 10.1 Å². The van der Waals surface area contributed by atoms with Crippen molar-refractivity contribution in [2.45, 2.75) is 0 Å². The van der Waals surface area contributed by atoms with Gasteiger partial charge in [0, 0.05) is 5.56 Å². The molecule has 0 atom stereocenters. The van der Waals surface area contributed by atoms with Crippen molar-refractivity contribution < 1.29 is 9.18 Å². The molecule has 0 aliphatic rings. The molecule has 0 saturated heterocycles. The molecule has 94 valence electrons. The molecule has 0 bridgehead atoms. The normalized spacial score (nSPS) is 9.37. The van der Waals surface area contributed by atoms with E-state index in [1.54, 1.807) is 0 Å². The third-order valence-corrected chi connectivity index (χ3v) is 3.47. The molecule has 2 aromatic rings. The molecule has 2 rings (SSSR count). The molecule has 4 heteroatoms. The van der Waals surface area contributed by atoms with E-state index in [-0.39, 0.29) is 5.82 Å². The largest absolute Gasteiger partial charge is 0.328 e. The molecule has 2 aromatic carbocycles. The lowest BCUT2D eigenvalue weighted by Gasteiger charge is -2.05. The number of rotatable bonds is 2. The highest BCUT2D eigenvalue weighted by Gasteiger charge is 2.08.